The molecule has 0 spiro atoms. The molecule has 0 unspecified atom stereocenters. The highest BCUT2D eigenvalue weighted by Crippen LogP contribution is 2.28. The summed E-state index contributed by atoms with van der Waals surface area (Å²) in [5.74, 6) is -1.05. The van der Waals surface area contributed by atoms with E-state index in [9.17, 15) is 20.0 Å². The number of nitrogens with one attached hydrogen (secondary N) is 1. The third kappa shape index (κ3) is 2.83. The van der Waals surface area contributed by atoms with Gasteiger partial charge in [0.1, 0.15) is 5.75 Å². The first-order valence-corrected chi connectivity index (χ1v) is 5.39. The van der Waals surface area contributed by atoms with Crippen LogP contribution >= 0.6 is 11.6 Å². The molecule has 0 fully saturated rings. The zero-order valence-corrected chi connectivity index (χ0v) is 10.0. The molecule has 2 N–H and O–H groups in total. The topological polar surface area (TPSA) is 106 Å². The van der Waals surface area contributed by atoms with E-state index in [4.69, 9.17) is 16.0 Å². The van der Waals surface area contributed by atoms with Crippen LogP contribution in [0.1, 0.15) is 10.6 Å². The number of furan rings is 1. The normalized spacial score (nSPS) is 10.2. The third-order valence-corrected chi connectivity index (χ3v) is 2.44. The lowest BCUT2D eigenvalue weighted by Gasteiger charge is -2.05. The smallest absolute Gasteiger partial charge is 0.291 e. The van der Waals surface area contributed by atoms with Gasteiger partial charge in [0.2, 0.25) is 0 Å². The quantitative estimate of drug-likeness (QED) is 0.511. The molecule has 2 rings (SSSR count). The molecule has 8 heteroatoms. The number of phenolic OH excluding ortho intramolecular Hbond substituents is 1. The minimum absolute atomic E-state index is 0.0356. The van der Waals surface area contributed by atoms with Gasteiger partial charge in [-0.2, -0.15) is 0 Å². The van der Waals surface area contributed by atoms with Gasteiger partial charge >= 0.3 is 0 Å². The van der Waals surface area contributed by atoms with Crippen molar-refractivity contribution in [3.8, 4) is 5.75 Å². The molecule has 19 heavy (non-hydrogen) atoms. The van der Waals surface area contributed by atoms with Gasteiger partial charge in [0.25, 0.3) is 11.6 Å². The number of carbonyl (C=O) groups is 1. The Morgan fingerprint density at radius 3 is 2.68 bits per heavy atom. The predicted molar refractivity (Wildman–Crippen MR) is 66.4 cm³/mol. The van der Waals surface area contributed by atoms with E-state index in [0.717, 1.165) is 18.2 Å². The highest BCUT2D eigenvalue weighted by atomic mass is 35.5. The second-order valence-electron chi connectivity index (χ2n) is 3.52. The minimum atomic E-state index is -0.678. The standard InChI is InChI=1S/C11H7ClN2O5/c12-10-4-3-9(19-10)11(16)13-7-5-6(14(17)18)1-2-8(7)15/h1-5,15H,(H,13,16). The molecular weight excluding hydrogens is 276 g/mol. The fourth-order valence-corrected chi connectivity index (χ4v) is 1.50. The molecular formula is C11H7ClN2O5. The number of amides is 1. The van der Waals surface area contributed by atoms with E-state index < -0.39 is 10.8 Å². The van der Waals surface area contributed by atoms with Gasteiger partial charge in [0, 0.05) is 12.1 Å². The Bertz CT molecular complexity index is 652. The molecule has 1 aromatic carbocycles. The van der Waals surface area contributed by atoms with Gasteiger partial charge in [-0.3, -0.25) is 14.9 Å². The summed E-state index contributed by atoms with van der Waals surface area (Å²) >= 11 is 5.52. The zero-order chi connectivity index (χ0) is 14.0. The van der Waals surface area contributed by atoms with Crippen LogP contribution in [0.5, 0.6) is 5.75 Å². The zero-order valence-electron chi connectivity index (χ0n) is 9.29. The molecule has 98 valence electrons. The predicted octanol–water partition coefficient (Wildman–Crippen LogP) is 2.80. The van der Waals surface area contributed by atoms with Crippen molar-refractivity contribution < 1.29 is 19.2 Å². The molecule has 0 bridgehead atoms. The molecule has 0 saturated carbocycles. The molecule has 2 aromatic rings. The third-order valence-electron chi connectivity index (χ3n) is 2.24. The number of phenols is 1. The fraction of sp³-hybridized carbons (Fsp3) is 0. The Balaban J connectivity index is 2.25. The number of rotatable bonds is 3. The highest BCUT2D eigenvalue weighted by Gasteiger charge is 2.15. The van der Waals surface area contributed by atoms with Crippen LogP contribution in [0.25, 0.3) is 0 Å². The van der Waals surface area contributed by atoms with E-state index in [1.807, 2.05) is 0 Å². The first kappa shape index (κ1) is 12.9. The van der Waals surface area contributed by atoms with Crippen molar-refractivity contribution in [3.63, 3.8) is 0 Å². The average Bonchev–Trinajstić information content (AvgIpc) is 2.78. The van der Waals surface area contributed by atoms with Crippen LogP contribution in [-0.4, -0.2) is 15.9 Å². The number of benzene rings is 1. The number of anilines is 1. The number of nitro benzene ring substituents is 1. The van der Waals surface area contributed by atoms with Gasteiger partial charge < -0.3 is 14.8 Å². The Hall–Kier alpha value is -2.54. The Labute approximate surface area is 111 Å². The second kappa shape index (κ2) is 4.99. The van der Waals surface area contributed by atoms with Gasteiger partial charge in [-0.05, 0) is 29.8 Å². The van der Waals surface area contributed by atoms with Gasteiger partial charge in [-0.15, -0.1) is 0 Å². The summed E-state index contributed by atoms with van der Waals surface area (Å²) in [6, 6.07) is 5.99. The molecule has 0 aliphatic carbocycles. The summed E-state index contributed by atoms with van der Waals surface area (Å²) in [7, 11) is 0. The van der Waals surface area contributed by atoms with E-state index >= 15 is 0 Å². The summed E-state index contributed by atoms with van der Waals surface area (Å²) < 4.78 is 4.87. The lowest BCUT2D eigenvalue weighted by atomic mass is 10.2. The van der Waals surface area contributed by atoms with Crippen LogP contribution in [0.15, 0.2) is 34.7 Å². The van der Waals surface area contributed by atoms with Crippen molar-refractivity contribution in [2.45, 2.75) is 0 Å². The number of hydrogen-bond donors (Lipinski definition) is 2. The fourth-order valence-electron chi connectivity index (χ4n) is 1.36. The largest absolute Gasteiger partial charge is 0.506 e. The summed E-state index contributed by atoms with van der Waals surface area (Å²) in [5.41, 5.74) is -0.350. The number of halogens is 1. The van der Waals surface area contributed by atoms with Crippen molar-refractivity contribution in [2.75, 3.05) is 5.32 Å². The average molecular weight is 283 g/mol. The molecule has 1 aromatic heterocycles. The van der Waals surface area contributed by atoms with Gasteiger partial charge in [0.05, 0.1) is 10.6 Å². The molecule has 0 aliphatic heterocycles. The lowest BCUT2D eigenvalue weighted by molar-refractivity contribution is -0.384. The van der Waals surface area contributed by atoms with Crippen molar-refractivity contribution in [1.29, 1.82) is 0 Å². The van der Waals surface area contributed by atoms with Crippen LogP contribution in [0.3, 0.4) is 0 Å². The minimum Gasteiger partial charge on any atom is -0.506 e. The first-order valence-electron chi connectivity index (χ1n) is 5.01. The Kier molecular flexibility index (Phi) is 3.39. The van der Waals surface area contributed by atoms with E-state index in [2.05, 4.69) is 5.32 Å². The number of carbonyl (C=O) groups excluding carboxylic acids is 1. The van der Waals surface area contributed by atoms with Crippen LogP contribution in [0.4, 0.5) is 11.4 Å². The van der Waals surface area contributed by atoms with Crippen molar-refractivity contribution in [2.24, 2.45) is 0 Å². The van der Waals surface area contributed by atoms with Crippen LogP contribution in [0, 0.1) is 10.1 Å². The first-order chi connectivity index (χ1) is 8.97. The summed E-state index contributed by atoms with van der Waals surface area (Å²) in [6.07, 6.45) is 0. The van der Waals surface area contributed by atoms with Gasteiger partial charge in [0.15, 0.2) is 11.0 Å². The van der Waals surface area contributed by atoms with Gasteiger partial charge in [-0.25, -0.2) is 0 Å². The maximum atomic E-state index is 11.7. The molecule has 7 nitrogen and oxygen atoms in total. The molecule has 1 amide bonds. The molecule has 0 radical (unpaired) electrons. The number of hydrogen-bond acceptors (Lipinski definition) is 5. The van der Waals surface area contributed by atoms with Crippen LogP contribution in [0.2, 0.25) is 5.22 Å². The number of nitrogens with zero attached hydrogens (tertiary/aromatic N) is 1. The van der Waals surface area contributed by atoms with E-state index in [1.165, 1.54) is 12.1 Å². The number of nitro groups is 1. The van der Waals surface area contributed by atoms with E-state index in [-0.39, 0.29) is 28.1 Å². The Morgan fingerprint density at radius 2 is 2.11 bits per heavy atom. The second-order valence-corrected chi connectivity index (χ2v) is 3.89. The summed E-state index contributed by atoms with van der Waals surface area (Å²) in [4.78, 5) is 21.7. The van der Waals surface area contributed by atoms with E-state index in [1.54, 1.807) is 0 Å². The van der Waals surface area contributed by atoms with Crippen LogP contribution < -0.4 is 5.32 Å². The van der Waals surface area contributed by atoms with Crippen LogP contribution in [-0.2, 0) is 0 Å². The van der Waals surface area contributed by atoms with Crippen molar-refractivity contribution in [3.05, 3.63) is 51.4 Å². The lowest BCUT2D eigenvalue weighted by Crippen LogP contribution is -2.11. The summed E-state index contributed by atoms with van der Waals surface area (Å²) in [6.45, 7) is 0. The van der Waals surface area contributed by atoms with Crippen molar-refractivity contribution >= 4 is 28.9 Å². The number of aromatic hydroxyl groups is 1. The molecule has 0 atom stereocenters. The SMILES string of the molecule is O=C(Nc1cc([N+](=O)[O-])ccc1O)c1ccc(Cl)o1. The monoisotopic (exact) mass is 282 g/mol. The van der Waals surface area contributed by atoms with E-state index in [0.29, 0.717) is 0 Å². The summed E-state index contributed by atoms with van der Waals surface area (Å²) in [5, 5.41) is 22.4. The molecule has 0 aliphatic rings. The molecule has 0 saturated heterocycles. The molecule has 1 heterocycles. The van der Waals surface area contributed by atoms with Crippen molar-refractivity contribution in [1.82, 2.24) is 0 Å². The maximum Gasteiger partial charge on any atom is 0.291 e. The number of non-ortho nitro benzene ring substituents is 1. The Morgan fingerprint density at radius 1 is 1.37 bits per heavy atom. The maximum absolute atomic E-state index is 11.7. The van der Waals surface area contributed by atoms with Gasteiger partial charge in [-0.1, -0.05) is 0 Å². The highest BCUT2D eigenvalue weighted by molar-refractivity contribution is 6.29.